The van der Waals surface area contributed by atoms with Crippen LogP contribution in [0.4, 0.5) is 0 Å². The second-order valence-electron chi connectivity index (χ2n) is 8.57. The number of fused-ring (bicyclic) bond motifs is 3. The molecular weight excluding hydrogens is 328 g/mol. The normalized spacial score (nSPS) is 24.7. The van der Waals surface area contributed by atoms with Crippen molar-refractivity contribution in [2.75, 3.05) is 0 Å². The van der Waals surface area contributed by atoms with Gasteiger partial charge < -0.3 is 14.9 Å². The molecule has 0 saturated heterocycles. The second kappa shape index (κ2) is 6.98. The minimum Gasteiger partial charge on any atom is -0.508 e. The highest BCUT2D eigenvalue weighted by atomic mass is 16.5. The molecule has 1 aromatic carbocycles. The number of carboxylic acids is 1. The Morgan fingerprint density at radius 2 is 2.12 bits per heavy atom. The lowest BCUT2D eigenvalue weighted by atomic mass is 9.67. The molecule has 0 bridgehead atoms. The van der Waals surface area contributed by atoms with Crippen LogP contribution in [0.15, 0.2) is 23.8 Å². The van der Waals surface area contributed by atoms with Crippen LogP contribution in [-0.2, 0) is 11.2 Å². The maximum absolute atomic E-state index is 11.0. The lowest BCUT2D eigenvalue weighted by Crippen LogP contribution is -2.45. The quantitative estimate of drug-likeness (QED) is 0.723. The van der Waals surface area contributed by atoms with Crippen LogP contribution >= 0.6 is 0 Å². The third kappa shape index (κ3) is 3.60. The molecule has 142 valence electrons. The van der Waals surface area contributed by atoms with Crippen LogP contribution in [0.25, 0.3) is 0 Å². The Kier molecular flexibility index (Phi) is 5.05. The van der Waals surface area contributed by atoms with Crippen LogP contribution in [0.5, 0.6) is 11.5 Å². The lowest BCUT2D eigenvalue weighted by molar-refractivity contribution is -0.141. The largest absolute Gasteiger partial charge is 0.508 e. The van der Waals surface area contributed by atoms with E-state index in [0.717, 1.165) is 42.6 Å². The van der Waals surface area contributed by atoms with Crippen molar-refractivity contribution in [3.8, 4) is 11.5 Å². The molecule has 0 fully saturated rings. The molecule has 4 heteroatoms. The minimum atomic E-state index is -0.755. The van der Waals surface area contributed by atoms with Gasteiger partial charge in [-0.05, 0) is 70.6 Å². The van der Waals surface area contributed by atoms with E-state index >= 15 is 0 Å². The summed E-state index contributed by atoms with van der Waals surface area (Å²) in [6, 6.07) is 3.89. The first-order valence-electron chi connectivity index (χ1n) is 9.62. The summed E-state index contributed by atoms with van der Waals surface area (Å²) in [5.41, 5.74) is 3.07. The van der Waals surface area contributed by atoms with Gasteiger partial charge in [0.1, 0.15) is 17.1 Å². The van der Waals surface area contributed by atoms with Gasteiger partial charge in [0.05, 0.1) is 5.92 Å². The third-order valence-electron chi connectivity index (χ3n) is 6.09. The fourth-order valence-corrected chi connectivity index (χ4v) is 4.50. The molecular formula is C22H30O4. The van der Waals surface area contributed by atoms with Crippen molar-refractivity contribution in [1.29, 1.82) is 0 Å². The first-order chi connectivity index (χ1) is 12.2. The van der Waals surface area contributed by atoms with Crippen molar-refractivity contribution < 1.29 is 19.7 Å². The highest BCUT2D eigenvalue weighted by Crippen LogP contribution is 2.54. The Bertz CT molecular complexity index is 732. The second-order valence-corrected chi connectivity index (χ2v) is 8.57. The predicted molar refractivity (Wildman–Crippen MR) is 102 cm³/mol. The summed E-state index contributed by atoms with van der Waals surface area (Å²) in [5, 5.41) is 19.7. The summed E-state index contributed by atoms with van der Waals surface area (Å²) in [6.45, 7) is 8.17. The maximum atomic E-state index is 11.0. The average Bonchev–Trinajstić information content (AvgIpc) is 2.53. The molecule has 0 radical (unpaired) electrons. The van der Waals surface area contributed by atoms with Gasteiger partial charge in [0, 0.05) is 17.4 Å². The summed E-state index contributed by atoms with van der Waals surface area (Å²) >= 11 is 0. The van der Waals surface area contributed by atoms with Crippen LogP contribution in [-0.4, -0.2) is 21.8 Å². The number of aromatic hydroxyl groups is 1. The Morgan fingerprint density at radius 3 is 2.81 bits per heavy atom. The molecule has 1 aliphatic heterocycles. The highest BCUT2D eigenvalue weighted by molar-refractivity contribution is 5.69. The standard InChI is InChI=1S/C22H30O4/c1-13-8-9-17-16(10-13)20-18(23)11-15(7-5-6-14(2)21(24)25)12-19(20)26-22(17,3)4/h8,11-12,14,16-17,23H,5-7,9-10H2,1-4H3,(H,24,25)/t14?,16-,17-/m1/s1. The number of rotatable bonds is 5. The van der Waals surface area contributed by atoms with E-state index < -0.39 is 5.97 Å². The van der Waals surface area contributed by atoms with Crippen molar-refractivity contribution >= 4 is 5.97 Å². The molecule has 1 heterocycles. The Balaban J connectivity index is 1.84. The molecule has 3 atom stereocenters. The molecule has 0 aromatic heterocycles. The zero-order valence-electron chi connectivity index (χ0n) is 16.2. The number of hydrogen-bond donors (Lipinski definition) is 2. The first-order valence-corrected chi connectivity index (χ1v) is 9.62. The number of allylic oxidation sites excluding steroid dienone is 2. The summed E-state index contributed by atoms with van der Waals surface area (Å²) in [7, 11) is 0. The monoisotopic (exact) mass is 358 g/mol. The molecule has 26 heavy (non-hydrogen) atoms. The Labute approximate surface area is 155 Å². The van der Waals surface area contributed by atoms with E-state index in [-0.39, 0.29) is 11.5 Å². The molecule has 2 aliphatic rings. The van der Waals surface area contributed by atoms with Gasteiger partial charge in [0.15, 0.2) is 0 Å². The third-order valence-corrected chi connectivity index (χ3v) is 6.09. The summed E-state index contributed by atoms with van der Waals surface area (Å²) in [6.07, 6.45) is 6.41. The van der Waals surface area contributed by atoms with Gasteiger partial charge in [-0.1, -0.05) is 18.6 Å². The number of benzene rings is 1. The molecule has 2 N–H and O–H groups in total. The SMILES string of the molecule is CC1=CC[C@@H]2[C@@H](C1)c1c(O)cc(CCCC(C)C(=O)O)cc1OC2(C)C. The van der Waals surface area contributed by atoms with Gasteiger partial charge in [-0.2, -0.15) is 0 Å². The topological polar surface area (TPSA) is 66.8 Å². The Morgan fingerprint density at radius 1 is 1.38 bits per heavy atom. The van der Waals surface area contributed by atoms with E-state index in [0.29, 0.717) is 24.0 Å². The fraction of sp³-hybridized carbons (Fsp3) is 0.591. The number of phenolic OH excluding ortho intramolecular Hbond substituents is 1. The minimum absolute atomic E-state index is 0.266. The van der Waals surface area contributed by atoms with E-state index in [1.54, 1.807) is 6.92 Å². The molecule has 3 rings (SSSR count). The van der Waals surface area contributed by atoms with E-state index in [9.17, 15) is 9.90 Å². The van der Waals surface area contributed by atoms with Gasteiger partial charge in [-0.15, -0.1) is 0 Å². The van der Waals surface area contributed by atoms with E-state index in [1.165, 1.54) is 5.57 Å². The van der Waals surface area contributed by atoms with E-state index in [4.69, 9.17) is 9.84 Å². The van der Waals surface area contributed by atoms with Gasteiger partial charge in [0.25, 0.3) is 0 Å². The molecule has 4 nitrogen and oxygen atoms in total. The highest BCUT2D eigenvalue weighted by Gasteiger charge is 2.45. The first kappa shape index (κ1) is 18.8. The molecule has 1 aliphatic carbocycles. The molecule has 0 amide bonds. The van der Waals surface area contributed by atoms with Gasteiger partial charge >= 0.3 is 5.97 Å². The number of hydrogen-bond acceptors (Lipinski definition) is 3. The predicted octanol–water partition coefficient (Wildman–Crippen LogP) is 5.05. The van der Waals surface area contributed by atoms with Crippen molar-refractivity contribution in [2.45, 2.75) is 71.3 Å². The zero-order valence-corrected chi connectivity index (χ0v) is 16.2. The van der Waals surface area contributed by atoms with Crippen molar-refractivity contribution in [3.63, 3.8) is 0 Å². The van der Waals surface area contributed by atoms with Crippen LogP contribution in [0.2, 0.25) is 0 Å². The summed E-state index contributed by atoms with van der Waals surface area (Å²) in [5.74, 6) is 0.687. The summed E-state index contributed by atoms with van der Waals surface area (Å²) in [4.78, 5) is 11.0. The van der Waals surface area contributed by atoms with Crippen molar-refractivity contribution in [2.24, 2.45) is 11.8 Å². The molecule has 1 aromatic rings. The molecule has 1 unspecified atom stereocenters. The smallest absolute Gasteiger partial charge is 0.306 e. The van der Waals surface area contributed by atoms with E-state index in [1.807, 2.05) is 12.1 Å². The number of carbonyl (C=O) groups is 1. The average molecular weight is 358 g/mol. The van der Waals surface area contributed by atoms with Crippen LogP contribution < -0.4 is 4.74 Å². The maximum Gasteiger partial charge on any atom is 0.306 e. The van der Waals surface area contributed by atoms with Gasteiger partial charge in [0.2, 0.25) is 0 Å². The summed E-state index contributed by atoms with van der Waals surface area (Å²) < 4.78 is 6.33. The number of aryl methyl sites for hydroxylation is 1. The number of aliphatic carboxylic acids is 1. The van der Waals surface area contributed by atoms with Crippen molar-refractivity contribution in [1.82, 2.24) is 0 Å². The fourth-order valence-electron chi connectivity index (χ4n) is 4.50. The zero-order chi connectivity index (χ0) is 19.1. The number of phenols is 1. The molecule has 0 saturated carbocycles. The number of ether oxygens (including phenoxy) is 1. The van der Waals surface area contributed by atoms with E-state index in [2.05, 4.69) is 26.8 Å². The van der Waals surface area contributed by atoms with Crippen LogP contribution in [0.3, 0.4) is 0 Å². The lowest BCUT2D eigenvalue weighted by Gasteiger charge is -2.47. The molecule has 0 spiro atoms. The van der Waals surface area contributed by atoms with Gasteiger partial charge in [-0.25, -0.2) is 0 Å². The van der Waals surface area contributed by atoms with Crippen molar-refractivity contribution in [3.05, 3.63) is 34.9 Å². The van der Waals surface area contributed by atoms with Crippen LogP contribution in [0.1, 0.15) is 70.4 Å². The number of carboxylic acid groups (broad SMARTS) is 1. The van der Waals surface area contributed by atoms with Crippen LogP contribution in [0, 0.1) is 11.8 Å². The van der Waals surface area contributed by atoms with Gasteiger partial charge in [-0.3, -0.25) is 4.79 Å². The Hall–Kier alpha value is -1.97.